The predicted molar refractivity (Wildman–Crippen MR) is 407 cm³/mol. The zero-order valence-corrected chi connectivity index (χ0v) is 62.4. The fourth-order valence-corrected chi connectivity index (χ4v) is 13.9. The molecule has 14 atom stereocenters. The first-order valence-corrected chi connectivity index (χ1v) is 38.2. The molecule has 5 aromatic rings. The molecular weight excluding hydrogens is 1470 g/mol. The second-order valence-electron chi connectivity index (χ2n) is 26.3. The van der Waals surface area contributed by atoms with Gasteiger partial charge in [0.2, 0.25) is 76.8 Å². The molecule has 35 nitrogen and oxygen atoms in total. The van der Waals surface area contributed by atoms with Crippen LogP contribution in [0.1, 0.15) is 81.0 Å². The summed E-state index contributed by atoms with van der Waals surface area (Å²) in [5.41, 5.74) is 25.6. The van der Waals surface area contributed by atoms with Crippen LogP contribution in [0.25, 0.3) is 10.9 Å². The number of benzene rings is 4. The molecule has 1 fully saturated rings. The molecule has 1 saturated heterocycles. The van der Waals surface area contributed by atoms with Crippen LogP contribution < -0.4 is 86.7 Å². The van der Waals surface area contributed by atoms with Crippen molar-refractivity contribution in [2.45, 2.75) is 169 Å². The quantitative estimate of drug-likeness (QED) is 0.0205. The van der Waals surface area contributed by atoms with Crippen LogP contribution in [0, 0.1) is 0 Å². The average Bonchev–Trinajstić information content (AvgIpc) is 1.58. The Morgan fingerprint density at radius 1 is 0.455 bits per heavy atom. The number of nitrogens with two attached hydrogens (primary N) is 4. The maximum atomic E-state index is 15.3. The molecule has 2 heterocycles. The lowest BCUT2D eigenvalue weighted by Gasteiger charge is -2.29. The third kappa shape index (κ3) is 28.5. The van der Waals surface area contributed by atoms with E-state index >= 15 is 14.4 Å². The number of unbranched alkanes of at least 4 members (excludes halogenated alkanes) is 2. The zero-order valence-electron chi connectivity index (χ0n) is 60.8. The molecule has 6 rings (SSSR count). The highest BCUT2D eigenvalue weighted by molar-refractivity contribution is 8.76. The van der Waals surface area contributed by atoms with Crippen molar-refractivity contribution in [3.05, 3.63) is 144 Å². The molecule has 0 radical (unpaired) electrons. The van der Waals surface area contributed by atoms with Crippen LogP contribution in [0.5, 0.6) is 0 Å². The predicted octanol–water partition coefficient (Wildman–Crippen LogP) is -4.42. The molecular formula is C73H99N17O18S2. The second kappa shape index (κ2) is 45.4. The number of primary amides is 1. The van der Waals surface area contributed by atoms with Gasteiger partial charge in [0.15, 0.2) is 0 Å². The number of carboxylic acid groups (broad SMARTS) is 1. The summed E-state index contributed by atoms with van der Waals surface area (Å²) >= 11 is 0. The highest BCUT2D eigenvalue weighted by Gasteiger charge is 2.40. The highest BCUT2D eigenvalue weighted by Crippen LogP contribution is 2.24. The number of aliphatic hydroxyl groups excluding tert-OH is 3. The van der Waals surface area contributed by atoms with Crippen LogP contribution in [0.3, 0.4) is 0 Å². The van der Waals surface area contributed by atoms with Gasteiger partial charge in [-0.15, -0.1) is 0 Å². The molecule has 4 aromatic carbocycles. The number of carbonyl (C=O) groups excluding carboxylic acids is 13. The van der Waals surface area contributed by atoms with Crippen LogP contribution in [-0.2, 0) is 92.8 Å². The number of carboxylic acids is 1. The monoisotopic (exact) mass is 1570 g/mol. The molecule has 0 bridgehead atoms. The first-order valence-electron chi connectivity index (χ1n) is 35.8. The molecule has 1 aromatic heterocycles. The molecule has 13 amide bonds. The summed E-state index contributed by atoms with van der Waals surface area (Å²) in [4.78, 5) is 203. The van der Waals surface area contributed by atoms with E-state index < -0.39 is 193 Å². The van der Waals surface area contributed by atoms with E-state index in [2.05, 4.69) is 68.8 Å². The van der Waals surface area contributed by atoms with Crippen molar-refractivity contribution >= 4 is 115 Å². The number of rotatable bonds is 24. The van der Waals surface area contributed by atoms with Gasteiger partial charge in [-0.1, -0.05) is 131 Å². The third-order valence-corrected chi connectivity index (χ3v) is 20.0. The summed E-state index contributed by atoms with van der Waals surface area (Å²) in [6.45, 7) is 0.714. The van der Waals surface area contributed by atoms with E-state index in [1.54, 1.807) is 121 Å². The summed E-state index contributed by atoms with van der Waals surface area (Å²) in [5.74, 6) is -16.4. The Bertz CT molecular complexity index is 3940. The fraction of sp³-hybridized carbons (Fsp3) is 0.452. The van der Waals surface area contributed by atoms with Crippen molar-refractivity contribution in [2.24, 2.45) is 22.9 Å². The Morgan fingerprint density at radius 3 is 1.27 bits per heavy atom. The summed E-state index contributed by atoms with van der Waals surface area (Å²) < 4.78 is 0. The third-order valence-electron chi connectivity index (χ3n) is 17.6. The minimum absolute atomic E-state index is 0.135. The summed E-state index contributed by atoms with van der Waals surface area (Å²) in [5, 5.41) is 73.6. The Hall–Kier alpha value is -10.5. The van der Waals surface area contributed by atoms with E-state index in [4.69, 9.17) is 22.9 Å². The van der Waals surface area contributed by atoms with E-state index in [0.717, 1.165) is 35.4 Å². The van der Waals surface area contributed by atoms with Gasteiger partial charge in [-0.3, -0.25) is 62.3 Å². The van der Waals surface area contributed by atoms with E-state index in [9.17, 15) is 73.2 Å². The average molecular weight is 1570 g/mol. The molecule has 596 valence electrons. The molecule has 110 heavy (non-hydrogen) atoms. The highest BCUT2D eigenvalue weighted by atomic mass is 33.1. The molecule has 37 heteroatoms. The number of amides is 13. The number of hydrogen-bond acceptors (Lipinski definition) is 22. The van der Waals surface area contributed by atoms with Crippen molar-refractivity contribution in [3.63, 3.8) is 0 Å². The first-order chi connectivity index (χ1) is 52.6. The standard InChI is InChI=1S/C73H99N17O18S2/c1-40(92)60-71(105)86-52(32-44-22-10-5-11-23-44)68(102)90-61(41(2)93)72(106)87-55(37-91)69(103)88-57(73(107)108)39-110-109-38-56(79-59(95)35-76)70(104)81-48(26-14-16-28-74)62(96)85-54(34-58(77)94)67(101)83-50(30-42-18-6-3-7-19-42)64(98)82-51(31-43-20-8-4-9-21-43)65(99)84-53(33-45-36-78-47-25-13-12-24-46(45)47)66(100)80-49(63(97)89-60)27-15-17-29-75/h3-13,18-25,36,40-41,48-57,60-61,78,91-93H,14-17,26-35,37-39,74-76H2,1-2H3,(H2,77,94)(H,79,95)(H,80,100)(H,81,104)(H,82,98)(H,83,101)(H,84,99)(H,85,96)(H,86,105)(H,87,106)(H,88,103)(H,89,97)(H,90,102)(H,107,108)/t40-,41-,48+,49+,50?,51+,52?,53?,54+,55?,56+,57+,60+,61+/m1/s1. The molecule has 25 N–H and O–H groups in total. The molecule has 4 unspecified atom stereocenters. The van der Waals surface area contributed by atoms with Gasteiger partial charge in [-0.05, 0) is 93.8 Å². The van der Waals surface area contributed by atoms with Gasteiger partial charge in [0, 0.05) is 54.3 Å². The van der Waals surface area contributed by atoms with Gasteiger partial charge < -0.3 is 112 Å². The van der Waals surface area contributed by atoms with Crippen LogP contribution in [0.4, 0.5) is 0 Å². The molecule has 1 aliphatic heterocycles. The second-order valence-corrected chi connectivity index (χ2v) is 28.8. The number of aromatic nitrogens is 1. The SMILES string of the molecule is C[C@@H](O)[C@@H]1NC(=O)C(Cc2ccccc2)NC(=O)[C@H]([C@@H](C)O)NC(=O)[C@H](CCCCN)NC(=O)C(Cc2c[nH]c3ccccc23)NC(=O)[C@H](Cc2ccccc2)NC(=O)C(Cc2ccccc2)NC(=O)[C@H](CC(N)=O)NC(=O)[C@H](CCCCN)NC(=O)[C@@H](NC(=O)CN)CSSC[C@@H](C(=O)O)NC(=O)C(CO)NC1=O. The maximum Gasteiger partial charge on any atom is 0.327 e. The number of hydrogen-bond donors (Lipinski definition) is 21. The number of H-pyrrole nitrogens is 1. The Morgan fingerprint density at radius 2 is 0.827 bits per heavy atom. The topological polar surface area (TPSA) is 584 Å². The molecule has 1 aliphatic rings. The van der Waals surface area contributed by atoms with Gasteiger partial charge >= 0.3 is 5.97 Å². The van der Waals surface area contributed by atoms with Gasteiger partial charge in [-0.25, -0.2) is 4.79 Å². The number of nitrogens with one attached hydrogen (secondary N) is 13. The van der Waals surface area contributed by atoms with E-state index in [1.165, 1.54) is 0 Å². The first kappa shape index (κ1) is 88.4. The Labute approximate surface area is 642 Å². The summed E-state index contributed by atoms with van der Waals surface area (Å²) in [6, 6.07) is 11.2. The number of aliphatic carboxylic acids is 1. The fourth-order valence-electron chi connectivity index (χ4n) is 11.6. The van der Waals surface area contributed by atoms with Gasteiger partial charge in [-0.2, -0.15) is 0 Å². The maximum absolute atomic E-state index is 15.3. The van der Waals surface area contributed by atoms with Gasteiger partial charge in [0.05, 0.1) is 31.8 Å². The molecule has 0 saturated carbocycles. The zero-order chi connectivity index (χ0) is 80.4. The van der Waals surface area contributed by atoms with Crippen LogP contribution >= 0.6 is 21.6 Å². The smallest absolute Gasteiger partial charge is 0.327 e. The number of aromatic amines is 1. The number of para-hydroxylation sites is 1. The lowest BCUT2D eigenvalue weighted by atomic mass is 10.00. The molecule has 0 spiro atoms. The van der Waals surface area contributed by atoms with E-state index in [0.29, 0.717) is 46.0 Å². The lowest BCUT2D eigenvalue weighted by Crippen LogP contribution is -2.63. The van der Waals surface area contributed by atoms with Crippen LogP contribution in [-0.4, -0.2) is 231 Å². The largest absolute Gasteiger partial charge is 0.480 e. The molecule has 0 aliphatic carbocycles. The number of aliphatic hydroxyl groups is 3. The van der Waals surface area contributed by atoms with E-state index in [-0.39, 0.29) is 70.2 Å². The van der Waals surface area contributed by atoms with Crippen molar-refractivity contribution in [1.29, 1.82) is 0 Å². The van der Waals surface area contributed by atoms with E-state index in [1.807, 2.05) is 0 Å². The summed E-state index contributed by atoms with van der Waals surface area (Å²) in [7, 11) is 1.58. The summed E-state index contributed by atoms with van der Waals surface area (Å²) in [6.07, 6.45) is -3.19. The lowest BCUT2D eigenvalue weighted by molar-refractivity contribution is -0.142. The normalized spacial score (nSPS) is 24.1. The van der Waals surface area contributed by atoms with Crippen LogP contribution in [0.15, 0.2) is 121 Å². The van der Waals surface area contributed by atoms with Gasteiger partial charge in [0.1, 0.15) is 72.5 Å². The minimum atomic E-state index is -1.96. The van der Waals surface area contributed by atoms with Crippen LogP contribution in [0.2, 0.25) is 0 Å². The number of fused-ring (bicyclic) bond motifs is 1. The van der Waals surface area contributed by atoms with Crippen molar-refractivity contribution in [3.8, 4) is 0 Å². The van der Waals surface area contributed by atoms with Crippen molar-refractivity contribution in [1.82, 2.24) is 68.8 Å². The van der Waals surface area contributed by atoms with Crippen molar-refractivity contribution < 1.29 is 87.5 Å². The minimum Gasteiger partial charge on any atom is -0.480 e. The van der Waals surface area contributed by atoms with Gasteiger partial charge in [0.25, 0.3) is 0 Å². The van der Waals surface area contributed by atoms with Crippen molar-refractivity contribution in [2.75, 3.05) is 37.7 Å². The number of carbonyl (C=O) groups is 14. The Balaban J connectivity index is 1.46. The Kier molecular flexibility index (Phi) is 36.5.